The van der Waals surface area contributed by atoms with E-state index < -0.39 is 5.41 Å². The van der Waals surface area contributed by atoms with Crippen LogP contribution in [0.3, 0.4) is 0 Å². The van der Waals surface area contributed by atoms with Crippen LogP contribution in [0.1, 0.15) is 54.4 Å². The molecule has 0 unspecified atom stereocenters. The van der Waals surface area contributed by atoms with E-state index in [1.54, 1.807) is 0 Å². The average Bonchev–Trinajstić information content (AvgIpc) is 3.51. The molecule has 10 rings (SSSR count). The summed E-state index contributed by atoms with van der Waals surface area (Å²) in [7, 11) is 0. The molecule has 0 atom stereocenters. The van der Waals surface area contributed by atoms with Gasteiger partial charge in [-0.1, -0.05) is 166 Å². The Kier molecular flexibility index (Phi) is 7.76. The van der Waals surface area contributed by atoms with Crippen molar-refractivity contribution >= 4 is 11.8 Å². The normalized spacial score (nSPS) is 13.5. The van der Waals surface area contributed by atoms with Gasteiger partial charge >= 0.3 is 0 Å². The van der Waals surface area contributed by atoms with Crippen LogP contribution in [-0.4, -0.2) is 15.0 Å². The van der Waals surface area contributed by atoms with Crippen LogP contribution in [0, 0.1) is 6.92 Å². The monoisotopic (exact) mass is 725 g/mol. The summed E-state index contributed by atoms with van der Waals surface area (Å²) < 4.78 is 0. The Bertz CT molecular complexity index is 2730. The molecule has 0 amide bonds. The van der Waals surface area contributed by atoms with E-state index in [2.05, 4.69) is 185 Å². The zero-order chi connectivity index (χ0) is 37.3. The fraction of sp³-hybridized carbons (Fsp3) is 0.118. The molecule has 2 aromatic heterocycles. The third-order valence-corrected chi connectivity index (χ3v) is 12.4. The number of pyridine rings is 1. The van der Waals surface area contributed by atoms with Gasteiger partial charge in [-0.15, -0.1) is 0 Å². The highest BCUT2D eigenvalue weighted by Gasteiger charge is 2.50. The standard InChI is InChI=1S/C51H39N3S/c1-32-37(27-29-48(52-32)50(2,3)4)33-22-24-35(25-23-33)45-31-44(34-14-6-5-7-15-34)53-49(54-45)36-26-28-47-43(30-36)51(42-20-12-13-21-46(42)55-47)40-18-10-8-16-38(40)39-17-9-11-19-41(39)51/h5-31H,1-4H3. The lowest BCUT2D eigenvalue weighted by atomic mass is 9.67. The number of aryl methyl sites for hydroxylation is 1. The number of aromatic nitrogens is 3. The zero-order valence-corrected chi connectivity index (χ0v) is 32.2. The second-order valence-electron chi connectivity index (χ2n) is 15.6. The van der Waals surface area contributed by atoms with Gasteiger partial charge in [0.05, 0.1) is 16.8 Å². The molecule has 2 aliphatic rings. The first kappa shape index (κ1) is 33.5. The number of benzene rings is 6. The Morgan fingerprint density at radius 1 is 0.436 bits per heavy atom. The quantitative estimate of drug-likeness (QED) is 0.181. The Balaban J connectivity index is 1.14. The fourth-order valence-electron chi connectivity index (χ4n) is 8.58. The predicted molar refractivity (Wildman–Crippen MR) is 226 cm³/mol. The highest BCUT2D eigenvalue weighted by atomic mass is 32.2. The van der Waals surface area contributed by atoms with Gasteiger partial charge in [0.2, 0.25) is 0 Å². The number of hydrogen-bond acceptors (Lipinski definition) is 4. The fourth-order valence-corrected chi connectivity index (χ4v) is 9.75. The van der Waals surface area contributed by atoms with Crippen molar-refractivity contribution in [1.29, 1.82) is 0 Å². The maximum Gasteiger partial charge on any atom is 0.160 e. The topological polar surface area (TPSA) is 38.7 Å². The molecular formula is C51H39N3S. The van der Waals surface area contributed by atoms with E-state index in [9.17, 15) is 0 Å². The van der Waals surface area contributed by atoms with Gasteiger partial charge in [0.1, 0.15) is 0 Å². The molecule has 0 saturated heterocycles. The minimum atomic E-state index is -0.464. The number of rotatable bonds is 4. The maximum atomic E-state index is 5.32. The molecule has 264 valence electrons. The van der Waals surface area contributed by atoms with Crippen molar-refractivity contribution in [3.63, 3.8) is 0 Å². The van der Waals surface area contributed by atoms with Crippen LogP contribution in [0.2, 0.25) is 0 Å². The summed E-state index contributed by atoms with van der Waals surface area (Å²) in [4.78, 5) is 18.1. The molecule has 6 aromatic carbocycles. The largest absolute Gasteiger partial charge is 0.257 e. The van der Waals surface area contributed by atoms with E-state index in [0.29, 0.717) is 5.82 Å². The second kappa shape index (κ2) is 12.8. The molecule has 4 heteroatoms. The summed E-state index contributed by atoms with van der Waals surface area (Å²) in [5, 5.41) is 0. The first-order valence-electron chi connectivity index (χ1n) is 18.9. The molecule has 0 fully saturated rings. The van der Waals surface area contributed by atoms with Crippen LogP contribution < -0.4 is 0 Å². The van der Waals surface area contributed by atoms with Crippen molar-refractivity contribution < 1.29 is 0 Å². The Hall–Kier alpha value is -6.10. The molecular weight excluding hydrogens is 687 g/mol. The molecule has 0 saturated carbocycles. The van der Waals surface area contributed by atoms with Gasteiger partial charge in [0.15, 0.2) is 5.82 Å². The molecule has 0 N–H and O–H groups in total. The number of nitrogens with zero attached hydrogens (tertiary/aromatic N) is 3. The Morgan fingerprint density at radius 3 is 1.64 bits per heavy atom. The lowest BCUT2D eigenvalue weighted by Gasteiger charge is -2.39. The molecule has 3 heterocycles. The van der Waals surface area contributed by atoms with Crippen molar-refractivity contribution in [3.8, 4) is 56.2 Å². The smallest absolute Gasteiger partial charge is 0.160 e. The van der Waals surface area contributed by atoms with Gasteiger partial charge < -0.3 is 0 Å². The summed E-state index contributed by atoms with van der Waals surface area (Å²) in [6.45, 7) is 8.71. The first-order valence-corrected chi connectivity index (χ1v) is 19.8. The van der Waals surface area contributed by atoms with E-state index in [4.69, 9.17) is 15.0 Å². The van der Waals surface area contributed by atoms with Crippen molar-refractivity contribution in [3.05, 3.63) is 197 Å². The van der Waals surface area contributed by atoms with Crippen molar-refractivity contribution in [2.45, 2.75) is 48.3 Å². The summed E-state index contributed by atoms with van der Waals surface area (Å²) in [6, 6.07) is 59.3. The highest BCUT2D eigenvalue weighted by Crippen LogP contribution is 2.62. The molecule has 1 aliphatic carbocycles. The summed E-state index contributed by atoms with van der Waals surface area (Å²) in [6.07, 6.45) is 0. The van der Waals surface area contributed by atoms with Gasteiger partial charge in [-0.3, -0.25) is 4.98 Å². The van der Waals surface area contributed by atoms with Crippen LogP contribution in [0.5, 0.6) is 0 Å². The van der Waals surface area contributed by atoms with E-state index in [0.717, 1.165) is 50.6 Å². The molecule has 3 nitrogen and oxygen atoms in total. The number of fused-ring (bicyclic) bond motifs is 9. The lowest BCUT2D eigenvalue weighted by molar-refractivity contribution is 0.567. The summed E-state index contributed by atoms with van der Waals surface area (Å²) >= 11 is 1.85. The molecule has 1 spiro atoms. The third kappa shape index (κ3) is 5.38. The Morgan fingerprint density at radius 2 is 0.982 bits per heavy atom. The molecule has 8 aromatic rings. The maximum absolute atomic E-state index is 5.32. The third-order valence-electron chi connectivity index (χ3n) is 11.2. The SMILES string of the molecule is Cc1nc(C(C)(C)C)ccc1-c1ccc(-c2cc(-c3ccccc3)nc(-c3ccc4c(c3)C3(c5ccccc5S4)c4ccccc4-c4ccccc43)n2)cc1. The van der Waals surface area contributed by atoms with E-state index in [1.165, 1.54) is 43.2 Å². The average molecular weight is 726 g/mol. The minimum absolute atomic E-state index is 0.00235. The van der Waals surface area contributed by atoms with Gasteiger partial charge in [0, 0.05) is 48.8 Å². The molecule has 0 bridgehead atoms. The molecule has 0 radical (unpaired) electrons. The van der Waals surface area contributed by atoms with E-state index in [-0.39, 0.29) is 5.41 Å². The van der Waals surface area contributed by atoms with Gasteiger partial charge in [-0.2, -0.15) is 0 Å². The zero-order valence-electron chi connectivity index (χ0n) is 31.3. The predicted octanol–water partition coefficient (Wildman–Crippen LogP) is 13.0. The van der Waals surface area contributed by atoms with Gasteiger partial charge in [-0.05, 0) is 76.2 Å². The van der Waals surface area contributed by atoms with Crippen molar-refractivity contribution in [2.24, 2.45) is 0 Å². The minimum Gasteiger partial charge on any atom is -0.257 e. The van der Waals surface area contributed by atoms with Crippen LogP contribution in [0.25, 0.3) is 56.2 Å². The van der Waals surface area contributed by atoms with Crippen LogP contribution >= 0.6 is 11.8 Å². The van der Waals surface area contributed by atoms with Crippen LogP contribution in [0.15, 0.2) is 174 Å². The van der Waals surface area contributed by atoms with Crippen LogP contribution in [-0.2, 0) is 10.8 Å². The second-order valence-corrected chi connectivity index (χ2v) is 16.7. The highest BCUT2D eigenvalue weighted by molar-refractivity contribution is 7.99. The van der Waals surface area contributed by atoms with Gasteiger partial charge in [0.25, 0.3) is 0 Å². The summed E-state index contributed by atoms with van der Waals surface area (Å²) in [5.74, 6) is 0.708. The van der Waals surface area contributed by atoms with Gasteiger partial charge in [-0.25, -0.2) is 9.97 Å². The van der Waals surface area contributed by atoms with E-state index in [1.807, 2.05) is 17.8 Å². The Labute approximate surface area is 327 Å². The molecule has 1 aliphatic heterocycles. The lowest BCUT2D eigenvalue weighted by Crippen LogP contribution is -2.32. The van der Waals surface area contributed by atoms with Crippen molar-refractivity contribution in [1.82, 2.24) is 15.0 Å². The molecule has 55 heavy (non-hydrogen) atoms. The van der Waals surface area contributed by atoms with Crippen LogP contribution in [0.4, 0.5) is 0 Å². The van der Waals surface area contributed by atoms with Crippen molar-refractivity contribution in [2.75, 3.05) is 0 Å². The summed E-state index contributed by atoms with van der Waals surface area (Å²) in [5.41, 5.74) is 16.7. The number of hydrogen-bond donors (Lipinski definition) is 0. The first-order chi connectivity index (χ1) is 26.8. The van der Waals surface area contributed by atoms with E-state index >= 15 is 0 Å².